The van der Waals surface area contributed by atoms with Gasteiger partial charge >= 0.3 is 0 Å². The van der Waals surface area contributed by atoms with E-state index in [-0.39, 0.29) is 5.95 Å². The summed E-state index contributed by atoms with van der Waals surface area (Å²) in [5.74, 6) is 2.21. The lowest BCUT2D eigenvalue weighted by molar-refractivity contribution is 0.537. The first-order chi connectivity index (χ1) is 9.04. The Morgan fingerprint density at radius 3 is 2.47 bits per heavy atom. The third kappa shape index (κ3) is 3.94. The van der Waals surface area contributed by atoms with Crippen molar-refractivity contribution in [2.75, 3.05) is 29.0 Å². The lowest BCUT2D eigenvalue weighted by Gasteiger charge is -2.19. The second-order valence-electron chi connectivity index (χ2n) is 5.69. The van der Waals surface area contributed by atoms with Crippen LogP contribution >= 0.6 is 0 Å². The number of rotatable bonds is 5. The van der Waals surface area contributed by atoms with Crippen LogP contribution in [0.1, 0.15) is 40.0 Å². The molecule has 1 unspecified atom stereocenters. The van der Waals surface area contributed by atoms with Crippen molar-refractivity contribution in [3.05, 3.63) is 0 Å². The molecule has 0 spiro atoms. The van der Waals surface area contributed by atoms with Gasteiger partial charge in [-0.05, 0) is 32.1 Å². The van der Waals surface area contributed by atoms with Crippen molar-refractivity contribution in [1.82, 2.24) is 15.0 Å². The summed E-state index contributed by atoms with van der Waals surface area (Å²) in [7, 11) is 0. The molecule has 106 valence electrons. The minimum absolute atomic E-state index is 0.288. The largest absolute Gasteiger partial charge is 0.368 e. The number of nitrogens with two attached hydrogens (primary N) is 1. The summed E-state index contributed by atoms with van der Waals surface area (Å²) in [6, 6.07) is 0.327. The SMILES string of the molecule is CC(C)CC(C)Nc1nc(N)nc(N2CCCC2)n1. The number of aromatic nitrogens is 3. The highest BCUT2D eigenvalue weighted by Crippen LogP contribution is 2.18. The van der Waals surface area contributed by atoms with Crippen LogP contribution in [0.3, 0.4) is 0 Å². The third-order valence-corrected chi connectivity index (χ3v) is 3.23. The van der Waals surface area contributed by atoms with Crippen molar-refractivity contribution < 1.29 is 0 Å². The van der Waals surface area contributed by atoms with Gasteiger partial charge in [-0.25, -0.2) is 0 Å². The van der Waals surface area contributed by atoms with Crippen LogP contribution in [0.15, 0.2) is 0 Å². The van der Waals surface area contributed by atoms with Crippen molar-refractivity contribution in [2.45, 2.75) is 46.1 Å². The molecule has 0 radical (unpaired) electrons. The molecular formula is C13H24N6. The van der Waals surface area contributed by atoms with Crippen LogP contribution < -0.4 is 16.0 Å². The van der Waals surface area contributed by atoms with Crippen LogP contribution in [-0.4, -0.2) is 34.1 Å². The number of nitrogens with one attached hydrogen (secondary N) is 1. The normalized spacial score (nSPS) is 16.9. The molecule has 1 atom stereocenters. The van der Waals surface area contributed by atoms with Crippen LogP contribution in [0.25, 0.3) is 0 Å². The van der Waals surface area contributed by atoms with Gasteiger partial charge in [0.25, 0.3) is 0 Å². The zero-order chi connectivity index (χ0) is 13.8. The third-order valence-electron chi connectivity index (χ3n) is 3.23. The van der Waals surface area contributed by atoms with Gasteiger partial charge in [0.15, 0.2) is 0 Å². The second-order valence-corrected chi connectivity index (χ2v) is 5.69. The molecule has 0 amide bonds. The van der Waals surface area contributed by atoms with Crippen LogP contribution in [0.4, 0.5) is 17.8 Å². The summed E-state index contributed by atoms with van der Waals surface area (Å²) in [5, 5.41) is 3.31. The molecule has 0 aromatic carbocycles. The standard InChI is InChI=1S/C13H24N6/c1-9(2)8-10(3)15-12-16-11(14)17-13(18-12)19-6-4-5-7-19/h9-10H,4-8H2,1-3H3,(H3,14,15,16,17,18). The highest BCUT2D eigenvalue weighted by Gasteiger charge is 2.17. The van der Waals surface area contributed by atoms with E-state index in [0.717, 1.165) is 19.5 Å². The van der Waals surface area contributed by atoms with Gasteiger partial charge in [0.2, 0.25) is 17.8 Å². The first-order valence-electron chi connectivity index (χ1n) is 7.07. The van der Waals surface area contributed by atoms with Gasteiger partial charge in [0.1, 0.15) is 0 Å². The van der Waals surface area contributed by atoms with E-state index in [0.29, 0.717) is 23.9 Å². The van der Waals surface area contributed by atoms with E-state index in [1.165, 1.54) is 12.8 Å². The maximum absolute atomic E-state index is 5.78. The average molecular weight is 264 g/mol. The van der Waals surface area contributed by atoms with E-state index in [1.807, 2.05) is 0 Å². The highest BCUT2D eigenvalue weighted by molar-refractivity contribution is 5.42. The van der Waals surface area contributed by atoms with Crippen molar-refractivity contribution in [2.24, 2.45) is 5.92 Å². The Labute approximate surface area is 114 Å². The molecule has 0 bridgehead atoms. The topological polar surface area (TPSA) is 80.0 Å². The van der Waals surface area contributed by atoms with E-state index < -0.39 is 0 Å². The summed E-state index contributed by atoms with van der Waals surface area (Å²) < 4.78 is 0. The maximum Gasteiger partial charge on any atom is 0.231 e. The Morgan fingerprint density at radius 2 is 1.84 bits per heavy atom. The number of nitrogen functional groups attached to an aromatic ring is 1. The zero-order valence-electron chi connectivity index (χ0n) is 12.1. The van der Waals surface area contributed by atoms with E-state index in [1.54, 1.807) is 0 Å². The summed E-state index contributed by atoms with van der Waals surface area (Å²) in [6.07, 6.45) is 3.46. The van der Waals surface area contributed by atoms with Gasteiger partial charge in [0, 0.05) is 19.1 Å². The van der Waals surface area contributed by atoms with Gasteiger partial charge in [-0.3, -0.25) is 0 Å². The highest BCUT2D eigenvalue weighted by atomic mass is 15.3. The first-order valence-corrected chi connectivity index (χ1v) is 7.07. The van der Waals surface area contributed by atoms with Crippen LogP contribution in [-0.2, 0) is 0 Å². The van der Waals surface area contributed by atoms with Gasteiger partial charge in [-0.2, -0.15) is 15.0 Å². The van der Waals surface area contributed by atoms with E-state index >= 15 is 0 Å². The molecule has 1 aliphatic heterocycles. The van der Waals surface area contributed by atoms with Gasteiger partial charge in [0.05, 0.1) is 0 Å². The molecule has 1 aliphatic rings. The number of anilines is 3. The van der Waals surface area contributed by atoms with E-state index in [9.17, 15) is 0 Å². The molecule has 2 heterocycles. The maximum atomic E-state index is 5.78. The Bertz CT molecular complexity index is 414. The Kier molecular flexibility index (Phi) is 4.39. The van der Waals surface area contributed by atoms with E-state index in [2.05, 4.69) is 45.9 Å². The molecule has 19 heavy (non-hydrogen) atoms. The molecular weight excluding hydrogens is 240 g/mol. The predicted molar refractivity (Wildman–Crippen MR) is 78.2 cm³/mol. The predicted octanol–water partition coefficient (Wildman–Crippen LogP) is 1.90. The number of hydrogen-bond donors (Lipinski definition) is 2. The Hall–Kier alpha value is -1.59. The molecule has 6 nitrogen and oxygen atoms in total. The summed E-state index contributed by atoms with van der Waals surface area (Å²) in [5.41, 5.74) is 5.78. The lowest BCUT2D eigenvalue weighted by Crippen LogP contribution is -2.24. The molecule has 1 aromatic rings. The first kappa shape index (κ1) is 13.8. The minimum atomic E-state index is 0.288. The van der Waals surface area contributed by atoms with Gasteiger partial charge < -0.3 is 16.0 Å². The second kappa shape index (κ2) is 6.04. The molecule has 0 aliphatic carbocycles. The molecule has 0 saturated carbocycles. The van der Waals surface area contributed by atoms with Crippen LogP contribution in [0.2, 0.25) is 0 Å². The van der Waals surface area contributed by atoms with Crippen LogP contribution in [0, 0.1) is 5.92 Å². The molecule has 1 fully saturated rings. The molecule has 2 rings (SSSR count). The Balaban J connectivity index is 2.07. The summed E-state index contributed by atoms with van der Waals surface area (Å²) in [4.78, 5) is 15.0. The minimum Gasteiger partial charge on any atom is -0.368 e. The van der Waals surface area contributed by atoms with Gasteiger partial charge in [-0.1, -0.05) is 13.8 Å². The quantitative estimate of drug-likeness (QED) is 0.845. The van der Waals surface area contributed by atoms with E-state index in [4.69, 9.17) is 5.73 Å². The van der Waals surface area contributed by atoms with Crippen molar-refractivity contribution in [3.8, 4) is 0 Å². The Morgan fingerprint density at radius 1 is 1.16 bits per heavy atom. The smallest absolute Gasteiger partial charge is 0.231 e. The van der Waals surface area contributed by atoms with Crippen molar-refractivity contribution >= 4 is 17.8 Å². The summed E-state index contributed by atoms with van der Waals surface area (Å²) in [6.45, 7) is 8.55. The molecule has 3 N–H and O–H groups in total. The van der Waals surface area contributed by atoms with Gasteiger partial charge in [-0.15, -0.1) is 0 Å². The molecule has 1 saturated heterocycles. The van der Waals surface area contributed by atoms with Crippen LogP contribution in [0.5, 0.6) is 0 Å². The number of hydrogen-bond acceptors (Lipinski definition) is 6. The number of nitrogens with zero attached hydrogens (tertiary/aromatic N) is 4. The van der Waals surface area contributed by atoms with Crippen molar-refractivity contribution in [1.29, 1.82) is 0 Å². The fourth-order valence-electron chi connectivity index (χ4n) is 2.49. The molecule has 6 heteroatoms. The summed E-state index contributed by atoms with van der Waals surface area (Å²) >= 11 is 0. The lowest BCUT2D eigenvalue weighted by atomic mass is 10.1. The molecule has 1 aromatic heterocycles. The fraction of sp³-hybridized carbons (Fsp3) is 0.769. The average Bonchev–Trinajstić information content (AvgIpc) is 2.79. The fourth-order valence-corrected chi connectivity index (χ4v) is 2.49. The van der Waals surface area contributed by atoms with Crippen molar-refractivity contribution in [3.63, 3.8) is 0 Å². The monoisotopic (exact) mass is 264 g/mol. The zero-order valence-corrected chi connectivity index (χ0v) is 12.1.